The van der Waals surface area contributed by atoms with Crippen LogP contribution >= 0.6 is 0 Å². The van der Waals surface area contributed by atoms with Crippen LogP contribution in [0.3, 0.4) is 0 Å². The van der Waals surface area contributed by atoms with Gasteiger partial charge in [-0.25, -0.2) is 4.98 Å². The summed E-state index contributed by atoms with van der Waals surface area (Å²) >= 11 is 0. The smallest absolute Gasteiger partial charge is 0.238 e. The van der Waals surface area contributed by atoms with Crippen LogP contribution in [0.5, 0.6) is 0 Å². The van der Waals surface area contributed by atoms with E-state index in [2.05, 4.69) is 149 Å². The highest BCUT2D eigenvalue weighted by Gasteiger charge is 2.43. The summed E-state index contributed by atoms with van der Waals surface area (Å²) in [4.78, 5) is 18.1. The molecule has 0 fully saturated rings. The molecule has 1 aliphatic carbocycles. The topological polar surface area (TPSA) is 60.0 Å². The van der Waals surface area contributed by atoms with Gasteiger partial charge in [0.15, 0.2) is 11.6 Å². The van der Waals surface area contributed by atoms with E-state index in [4.69, 9.17) is 19.4 Å². The van der Waals surface area contributed by atoms with Crippen molar-refractivity contribution in [2.24, 2.45) is 0 Å². The summed E-state index contributed by atoms with van der Waals surface area (Å²) < 4.78 is 8.83. The number of fused-ring (bicyclic) bond motifs is 10. The Morgan fingerprint density at radius 1 is 0.569 bits per heavy atom. The number of nitrogens with zero attached hydrogens (tertiary/aromatic N) is 5. The van der Waals surface area contributed by atoms with E-state index < -0.39 is 0 Å². The third-order valence-electron chi connectivity index (χ3n) is 10.4. The first-order valence-corrected chi connectivity index (χ1v) is 17.3. The Morgan fingerprint density at radius 2 is 1.24 bits per heavy atom. The van der Waals surface area contributed by atoms with Gasteiger partial charge in [0.1, 0.15) is 11.3 Å². The van der Waals surface area contributed by atoms with E-state index in [9.17, 15) is 0 Å². The van der Waals surface area contributed by atoms with E-state index in [-0.39, 0.29) is 12.0 Å². The van der Waals surface area contributed by atoms with Crippen molar-refractivity contribution in [3.8, 4) is 28.7 Å². The Kier molecular flexibility index (Phi) is 5.98. The highest BCUT2D eigenvalue weighted by Crippen LogP contribution is 2.54. The number of hydrogen-bond donors (Lipinski definition) is 0. The van der Waals surface area contributed by atoms with Crippen molar-refractivity contribution >= 4 is 50.2 Å². The zero-order chi connectivity index (χ0) is 33.5. The average molecular weight is 656 g/mol. The van der Waals surface area contributed by atoms with Gasteiger partial charge in [-0.3, -0.25) is 4.57 Å². The van der Waals surface area contributed by atoms with Gasteiger partial charge in [0.2, 0.25) is 5.95 Å². The summed E-state index contributed by atoms with van der Waals surface area (Å²) in [5, 5.41) is 3.35. The Morgan fingerprint density at radius 3 is 2.02 bits per heavy atom. The molecular formula is C45H29N5O. The second-order valence-electron chi connectivity index (χ2n) is 13.2. The quantitative estimate of drug-likeness (QED) is 0.189. The van der Waals surface area contributed by atoms with Gasteiger partial charge in [0, 0.05) is 50.1 Å². The van der Waals surface area contributed by atoms with Crippen molar-refractivity contribution < 1.29 is 4.42 Å². The van der Waals surface area contributed by atoms with Crippen LogP contribution in [-0.4, -0.2) is 25.6 Å². The average Bonchev–Trinajstić information content (AvgIpc) is 3.86. The number of furan rings is 1. The lowest BCUT2D eigenvalue weighted by Gasteiger charge is -2.30. The molecule has 2 unspecified atom stereocenters. The molecule has 6 nitrogen and oxygen atoms in total. The fourth-order valence-electron chi connectivity index (χ4n) is 8.32. The fourth-order valence-corrected chi connectivity index (χ4v) is 8.32. The van der Waals surface area contributed by atoms with Gasteiger partial charge in [-0.15, -0.1) is 0 Å². The van der Waals surface area contributed by atoms with Gasteiger partial charge in [0.25, 0.3) is 0 Å². The molecule has 1 aliphatic heterocycles. The van der Waals surface area contributed by atoms with E-state index in [0.29, 0.717) is 17.6 Å². The van der Waals surface area contributed by atoms with Crippen LogP contribution in [0.1, 0.15) is 22.8 Å². The molecule has 0 spiro atoms. The Hall–Kier alpha value is -6.79. The number of hydrogen-bond acceptors (Lipinski definition) is 5. The number of rotatable bonds is 4. The van der Waals surface area contributed by atoms with Gasteiger partial charge in [-0.2, -0.15) is 9.97 Å². The monoisotopic (exact) mass is 655 g/mol. The molecule has 9 aromatic rings. The molecule has 2 aliphatic rings. The van der Waals surface area contributed by atoms with Crippen molar-refractivity contribution in [3.63, 3.8) is 0 Å². The lowest BCUT2D eigenvalue weighted by molar-refractivity contribution is 0.584. The molecule has 0 saturated heterocycles. The number of para-hydroxylation sites is 4. The van der Waals surface area contributed by atoms with Crippen LogP contribution in [0.4, 0.5) is 11.4 Å². The summed E-state index contributed by atoms with van der Waals surface area (Å²) in [7, 11) is 0. The predicted molar refractivity (Wildman–Crippen MR) is 204 cm³/mol. The molecule has 0 bridgehead atoms. The van der Waals surface area contributed by atoms with E-state index in [1.165, 1.54) is 22.5 Å². The SMILES string of the molecule is C1=CC2C(c3ccccc3N2c2ccccc2)c2c1oc1cccc(-c3nc(-c4ccccc4)nc(-n4c5ccccc5c5ccccc54)n3)c21. The lowest BCUT2D eigenvalue weighted by Crippen LogP contribution is -2.30. The maximum atomic E-state index is 6.67. The summed E-state index contributed by atoms with van der Waals surface area (Å²) in [5.41, 5.74) is 9.58. The first kappa shape index (κ1) is 28.1. The molecule has 51 heavy (non-hydrogen) atoms. The van der Waals surface area contributed by atoms with Crippen LogP contribution < -0.4 is 4.90 Å². The van der Waals surface area contributed by atoms with Gasteiger partial charge < -0.3 is 9.32 Å². The molecule has 11 rings (SSSR count). The van der Waals surface area contributed by atoms with E-state index in [1.807, 2.05) is 24.3 Å². The summed E-state index contributed by atoms with van der Waals surface area (Å²) in [5.74, 6) is 2.72. The van der Waals surface area contributed by atoms with Crippen molar-refractivity contribution in [3.05, 3.63) is 175 Å². The van der Waals surface area contributed by atoms with Crippen LogP contribution in [-0.2, 0) is 0 Å². The molecular weight excluding hydrogens is 627 g/mol. The number of anilines is 2. The molecule has 6 aromatic carbocycles. The summed E-state index contributed by atoms with van der Waals surface area (Å²) in [6.07, 6.45) is 4.44. The van der Waals surface area contributed by atoms with E-state index in [1.54, 1.807) is 0 Å². The molecule has 3 aromatic heterocycles. The molecule has 0 radical (unpaired) electrons. The van der Waals surface area contributed by atoms with Crippen molar-refractivity contribution in [1.29, 1.82) is 0 Å². The molecule has 6 heteroatoms. The molecule has 0 saturated carbocycles. The summed E-state index contributed by atoms with van der Waals surface area (Å²) in [6.45, 7) is 0. The van der Waals surface area contributed by atoms with Gasteiger partial charge in [0.05, 0.1) is 17.1 Å². The minimum Gasteiger partial charge on any atom is -0.456 e. The Labute approximate surface area is 293 Å². The minimum absolute atomic E-state index is 0.0519. The highest BCUT2D eigenvalue weighted by atomic mass is 16.3. The standard InChI is InChI=1S/C45H29N5O/c1-3-14-28(15-4-1)43-46-44(48-45(47-43)50-34-22-10-7-18-30(34)31-19-8-11-23-35(31)50)33-21-13-25-38-41(33)42-39(51-38)27-26-37-40(42)32-20-9-12-24-36(32)49(37)29-16-5-2-6-17-29/h1-27,37,40H. The first-order valence-electron chi connectivity index (χ1n) is 17.3. The maximum absolute atomic E-state index is 6.67. The van der Waals surface area contributed by atoms with Crippen LogP contribution in [0.15, 0.2) is 162 Å². The Bertz CT molecular complexity index is 2780. The second-order valence-corrected chi connectivity index (χ2v) is 13.2. The lowest BCUT2D eigenvalue weighted by atomic mass is 9.82. The normalized spacial score (nSPS) is 16.1. The molecule has 4 heterocycles. The highest BCUT2D eigenvalue weighted by molar-refractivity contribution is 6.09. The third kappa shape index (κ3) is 4.14. The van der Waals surface area contributed by atoms with Crippen molar-refractivity contribution in [1.82, 2.24) is 19.5 Å². The molecule has 240 valence electrons. The van der Waals surface area contributed by atoms with Gasteiger partial charge in [-0.1, -0.05) is 121 Å². The van der Waals surface area contributed by atoms with Crippen molar-refractivity contribution in [2.45, 2.75) is 12.0 Å². The molecule has 0 amide bonds. The predicted octanol–water partition coefficient (Wildman–Crippen LogP) is 10.7. The van der Waals surface area contributed by atoms with Crippen molar-refractivity contribution in [2.75, 3.05) is 4.90 Å². The second kappa shape index (κ2) is 10.9. The van der Waals surface area contributed by atoms with Gasteiger partial charge >= 0.3 is 0 Å². The zero-order valence-electron chi connectivity index (χ0n) is 27.4. The maximum Gasteiger partial charge on any atom is 0.238 e. The van der Waals surface area contributed by atoms with E-state index >= 15 is 0 Å². The van der Waals surface area contributed by atoms with Crippen LogP contribution in [0.2, 0.25) is 0 Å². The largest absolute Gasteiger partial charge is 0.456 e. The third-order valence-corrected chi connectivity index (χ3v) is 10.4. The number of benzene rings is 6. The fraction of sp³-hybridized carbons (Fsp3) is 0.0444. The first-order chi connectivity index (χ1) is 25.3. The number of aromatic nitrogens is 4. The zero-order valence-corrected chi connectivity index (χ0v) is 27.4. The summed E-state index contributed by atoms with van der Waals surface area (Å²) in [6, 6.07) is 52.8. The van der Waals surface area contributed by atoms with E-state index in [0.717, 1.165) is 49.7 Å². The van der Waals surface area contributed by atoms with Crippen LogP contribution in [0.25, 0.3) is 67.6 Å². The molecule has 2 atom stereocenters. The van der Waals surface area contributed by atoms with Crippen LogP contribution in [0, 0.1) is 0 Å². The van der Waals surface area contributed by atoms with Gasteiger partial charge in [-0.05, 0) is 48.0 Å². The molecule has 0 N–H and O–H groups in total. The minimum atomic E-state index is 0.0519. The Balaban J connectivity index is 1.18.